The number of hydrogen-bond donors (Lipinski definition) is 1. The average molecular weight is 519 g/mol. The Morgan fingerprint density at radius 1 is 0.868 bits per heavy atom. The highest BCUT2D eigenvalue weighted by Crippen LogP contribution is 2.40. The number of nitrogens with zero attached hydrogens (tertiary/aromatic N) is 1. The zero-order valence-corrected chi connectivity index (χ0v) is 22.3. The Hall–Kier alpha value is -4.13. The van der Waals surface area contributed by atoms with E-state index in [9.17, 15) is 13.6 Å². The van der Waals surface area contributed by atoms with Gasteiger partial charge >= 0.3 is 0 Å². The monoisotopic (exact) mass is 518 g/mol. The fraction of sp³-hybridized carbons (Fsp3) is 0.258. The lowest BCUT2D eigenvalue weighted by Crippen LogP contribution is -2.16. The second kappa shape index (κ2) is 11.1. The third kappa shape index (κ3) is 6.22. The van der Waals surface area contributed by atoms with Crippen molar-refractivity contribution in [2.45, 2.75) is 39.7 Å². The molecule has 0 spiro atoms. The second-order valence-electron chi connectivity index (χ2n) is 10.1. The predicted octanol–water partition coefficient (Wildman–Crippen LogP) is 7.43. The molecule has 38 heavy (non-hydrogen) atoms. The molecule has 0 aliphatic heterocycles. The van der Waals surface area contributed by atoms with Crippen LogP contribution in [-0.2, 0) is 19.0 Å². The van der Waals surface area contributed by atoms with Crippen LogP contribution in [0.3, 0.4) is 0 Å². The Kier molecular flexibility index (Phi) is 7.86. The lowest BCUT2D eigenvalue weighted by molar-refractivity contribution is 0.340. The standard InChI is InChI=1S/C31H32F2N2O3/c1-6-37-29-17-30(36)35(5)19-25(29)24-16-23(34-18-20-7-9-21(10-8-20)31(2,3)4)12-14-27(24)38-28-13-11-22(32)15-26(28)33/h7-17,19,34H,6,18H2,1-5H3. The van der Waals surface area contributed by atoms with E-state index in [1.807, 2.05) is 19.1 Å². The van der Waals surface area contributed by atoms with Crippen LogP contribution in [0.5, 0.6) is 17.2 Å². The van der Waals surface area contributed by atoms with Crippen molar-refractivity contribution in [1.82, 2.24) is 4.57 Å². The Morgan fingerprint density at radius 3 is 2.24 bits per heavy atom. The molecule has 0 radical (unpaired) electrons. The normalized spacial score (nSPS) is 11.3. The van der Waals surface area contributed by atoms with Gasteiger partial charge in [-0.05, 0) is 53.8 Å². The average Bonchev–Trinajstić information content (AvgIpc) is 2.87. The molecule has 4 rings (SSSR count). The number of ether oxygens (including phenoxy) is 2. The zero-order valence-electron chi connectivity index (χ0n) is 22.3. The molecule has 0 amide bonds. The van der Waals surface area contributed by atoms with Gasteiger partial charge in [0.05, 0.1) is 6.61 Å². The molecule has 0 aliphatic rings. The van der Waals surface area contributed by atoms with Crippen LogP contribution >= 0.6 is 0 Å². The van der Waals surface area contributed by atoms with Crippen LogP contribution in [0, 0.1) is 11.6 Å². The number of pyridine rings is 1. The van der Waals surface area contributed by atoms with Crippen molar-refractivity contribution in [2.24, 2.45) is 7.05 Å². The highest BCUT2D eigenvalue weighted by atomic mass is 19.1. The molecule has 0 atom stereocenters. The van der Waals surface area contributed by atoms with Crippen molar-refractivity contribution in [1.29, 1.82) is 0 Å². The van der Waals surface area contributed by atoms with Gasteiger partial charge in [0.1, 0.15) is 17.3 Å². The number of aromatic nitrogens is 1. The van der Waals surface area contributed by atoms with Crippen LogP contribution in [0.15, 0.2) is 77.7 Å². The molecule has 7 heteroatoms. The quantitative estimate of drug-likeness (QED) is 0.264. The van der Waals surface area contributed by atoms with Crippen LogP contribution in [0.1, 0.15) is 38.8 Å². The number of benzene rings is 3. The van der Waals surface area contributed by atoms with Gasteiger partial charge in [-0.1, -0.05) is 45.0 Å². The first kappa shape index (κ1) is 26.9. The summed E-state index contributed by atoms with van der Waals surface area (Å²) in [5.74, 6) is -0.913. The number of nitrogens with one attached hydrogen (secondary N) is 1. The Morgan fingerprint density at radius 2 is 1.58 bits per heavy atom. The molecule has 0 saturated heterocycles. The summed E-state index contributed by atoms with van der Waals surface area (Å²) in [4.78, 5) is 12.3. The number of anilines is 1. The molecule has 1 heterocycles. The van der Waals surface area contributed by atoms with E-state index in [-0.39, 0.29) is 16.7 Å². The van der Waals surface area contributed by atoms with Gasteiger partial charge in [-0.3, -0.25) is 4.79 Å². The van der Waals surface area contributed by atoms with E-state index in [1.54, 1.807) is 19.3 Å². The summed E-state index contributed by atoms with van der Waals surface area (Å²) in [5.41, 5.74) is 4.21. The minimum Gasteiger partial charge on any atom is -0.493 e. The first-order chi connectivity index (χ1) is 18.0. The van der Waals surface area contributed by atoms with Gasteiger partial charge in [-0.25, -0.2) is 8.78 Å². The van der Waals surface area contributed by atoms with Gasteiger partial charge in [0.25, 0.3) is 5.56 Å². The third-order valence-electron chi connectivity index (χ3n) is 6.19. The molecule has 1 aromatic heterocycles. The maximum Gasteiger partial charge on any atom is 0.254 e. The van der Waals surface area contributed by atoms with Crippen molar-refractivity contribution < 1.29 is 18.3 Å². The van der Waals surface area contributed by atoms with Gasteiger partial charge in [0, 0.05) is 48.7 Å². The summed E-state index contributed by atoms with van der Waals surface area (Å²) in [6, 6.07) is 18.4. The van der Waals surface area contributed by atoms with Gasteiger partial charge < -0.3 is 19.4 Å². The van der Waals surface area contributed by atoms with E-state index >= 15 is 0 Å². The topological polar surface area (TPSA) is 52.5 Å². The number of rotatable bonds is 8. The van der Waals surface area contributed by atoms with Crippen molar-refractivity contribution in [3.05, 3.63) is 106 Å². The highest BCUT2D eigenvalue weighted by Gasteiger charge is 2.18. The van der Waals surface area contributed by atoms with Crippen molar-refractivity contribution >= 4 is 5.69 Å². The number of halogens is 2. The molecule has 4 aromatic rings. The smallest absolute Gasteiger partial charge is 0.254 e. The number of aryl methyl sites for hydroxylation is 1. The van der Waals surface area contributed by atoms with Crippen LogP contribution in [-0.4, -0.2) is 11.2 Å². The largest absolute Gasteiger partial charge is 0.493 e. The Balaban J connectivity index is 1.72. The molecule has 198 valence electrons. The van der Waals surface area contributed by atoms with Crippen LogP contribution < -0.4 is 20.3 Å². The van der Waals surface area contributed by atoms with Crippen molar-refractivity contribution in [3.8, 4) is 28.4 Å². The maximum absolute atomic E-state index is 14.4. The lowest BCUT2D eigenvalue weighted by Gasteiger charge is -2.19. The van der Waals surface area contributed by atoms with Crippen LogP contribution in [0.25, 0.3) is 11.1 Å². The Bertz CT molecular complexity index is 1490. The van der Waals surface area contributed by atoms with Gasteiger partial charge in [-0.2, -0.15) is 0 Å². The molecule has 0 unspecified atom stereocenters. The van der Waals surface area contributed by atoms with Gasteiger partial charge in [0.15, 0.2) is 11.6 Å². The maximum atomic E-state index is 14.4. The first-order valence-corrected chi connectivity index (χ1v) is 12.5. The summed E-state index contributed by atoms with van der Waals surface area (Å²) in [6.07, 6.45) is 1.66. The van der Waals surface area contributed by atoms with Crippen molar-refractivity contribution in [2.75, 3.05) is 11.9 Å². The van der Waals surface area contributed by atoms with Gasteiger partial charge in [-0.15, -0.1) is 0 Å². The molecule has 0 bridgehead atoms. The van der Waals surface area contributed by atoms with Crippen molar-refractivity contribution in [3.63, 3.8) is 0 Å². The zero-order chi connectivity index (χ0) is 27.4. The van der Waals surface area contributed by atoms with Gasteiger partial charge in [0.2, 0.25) is 0 Å². The minimum absolute atomic E-state index is 0.0781. The molecule has 1 N–H and O–H groups in total. The summed E-state index contributed by atoms with van der Waals surface area (Å²) in [5, 5.41) is 3.43. The summed E-state index contributed by atoms with van der Waals surface area (Å²) >= 11 is 0. The summed E-state index contributed by atoms with van der Waals surface area (Å²) < 4.78 is 41.0. The molecule has 0 aliphatic carbocycles. The fourth-order valence-electron chi connectivity index (χ4n) is 4.03. The van der Waals surface area contributed by atoms with E-state index in [0.717, 1.165) is 23.4 Å². The minimum atomic E-state index is -0.817. The van der Waals surface area contributed by atoms with E-state index in [4.69, 9.17) is 9.47 Å². The summed E-state index contributed by atoms with van der Waals surface area (Å²) in [6.45, 7) is 9.31. The fourth-order valence-corrected chi connectivity index (χ4v) is 4.03. The highest BCUT2D eigenvalue weighted by molar-refractivity contribution is 5.78. The van der Waals surface area contributed by atoms with E-state index in [1.165, 1.54) is 22.3 Å². The van der Waals surface area contributed by atoms with E-state index in [2.05, 4.69) is 50.4 Å². The van der Waals surface area contributed by atoms with Crippen LogP contribution in [0.2, 0.25) is 0 Å². The van der Waals surface area contributed by atoms with Crippen LogP contribution in [0.4, 0.5) is 14.5 Å². The molecule has 0 saturated carbocycles. The third-order valence-corrected chi connectivity index (χ3v) is 6.19. The van der Waals surface area contributed by atoms with E-state index in [0.29, 0.717) is 35.8 Å². The lowest BCUT2D eigenvalue weighted by atomic mass is 9.87. The first-order valence-electron chi connectivity index (χ1n) is 12.5. The van der Waals surface area contributed by atoms with E-state index < -0.39 is 11.6 Å². The molecule has 5 nitrogen and oxygen atoms in total. The predicted molar refractivity (Wildman–Crippen MR) is 147 cm³/mol. The SMILES string of the molecule is CCOc1cc(=O)n(C)cc1-c1cc(NCc2ccc(C(C)(C)C)cc2)ccc1Oc1ccc(F)cc1F. The molecule has 3 aromatic carbocycles. The number of hydrogen-bond acceptors (Lipinski definition) is 4. The summed E-state index contributed by atoms with van der Waals surface area (Å²) in [7, 11) is 1.64. The second-order valence-corrected chi connectivity index (χ2v) is 10.1. The molecular weight excluding hydrogens is 486 g/mol. The molecular formula is C31H32F2N2O3. The Labute approximate surface area is 221 Å². The molecule has 0 fully saturated rings.